The van der Waals surface area contributed by atoms with E-state index in [2.05, 4.69) is 4.98 Å². The molecular formula is C22H20N4O6S2. The number of rotatable bonds is 7. The average Bonchev–Trinajstić information content (AvgIpc) is 3.45. The lowest BCUT2D eigenvalue weighted by molar-refractivity contribution is -0.384. The molecular weight excluding hydrogens is 480 g/mol. The Bertz CT molecular complexity index is 1360. The molecule has 10 nitrogen and oxygen atoms in total. The Morgan fingerprint density at radius 1 is 1.35 bits per heavy atom. The number of benzene rings is 1. The molecule has 3 aromatic rings. The van der Waals surface area contributed by atoms with E-state index in [0.29, 0.717) is 17.7 Å². The number of amides is 1. The summed E-state index contributed by atoms with van der Waals surface area (Å²) in [6, 6.07) is 5.57. The predicted molar refractivity (Wildman–Crippen MR) is 126 cm³/mol. The molecule has 0 saturated carbocycles. The Morgan fingerprint density at radius 2 is 2.06 bits per heavy atom. The number of hydrogen-bond acceptors (Lipinski definition) is 8. The third kappa shape index (κ3) is 3.24. The van der Waals surface area contributed by atoms with Crippen molar-refractivity contribution in [3.63, 3.8) is 0 Å². The van der Waals surface area contributed by atoms with Gasteiger partial charge in [-0.3, -0.25) is 19.3 Å². The van der Waals surface area contributed by atoms with Crippen LogP contribution in [0, 0.1) is 22.0 Å². The molecule has 176 valence electrons. The molecule has 2 N–H and O–H groups in total. The molecule has 1 fully saturated rings. The van der Waals surface area contributed by atoms with Gasteiger partial charge in [-0.25, -0.2) is 9.78 Å². The highest BCUT2D eigenvalue weighted by molar-refractivity contribution is 7.98. The van der Waals surface area contributed by atoms with E-state index in [4.69, 9.17) is 0 Å². The number of thioether (sulfide) groups is 1. The summed E-state index contributed by atoms with van der Waals surface area (Å²) in [6.07, 6.45) is 2.96. The number of hydrogen-bond donors (Lipinski definition) is 2. The zero-order chi connectivity index (χ0) is 24.3. The first-order valence-electron chi connectivity index (χ1n) is 10.5. The van der Waals surface area contributed by atoms with Crippen LogP contribution in [-0.4, -0.2) is 59.7 Å². The number of imidazole rings is 1. The first kappa shape index (κ1) is 22.6. The first-order chi connectivity index (χ1) is 16.2. The van der Waals surface area contributed by atoms with Crippen molar-refractivity contribution < 1.29 is 24.7 Å². The number of fused-ring (bicyclic) bond motifs is 2. The summed E-state index contributed by atoms with van der Waals surface area (Å²) < 4.78 is 1.84. The normalized spacial score (nSPS) is 22.7. The maximum Gasteiger partial charge on any atom is 0.352 e. The zero-order valence-corrected chi connectivity index (χ0v) is 19.7. The minimum atomic E-state index is -1.21. The number of carbonyl (C=O) groups excluding carboxylic acids is 1. The number of β-lactam (4-membered cyclic amide) rings is 1. The molecule has 5 rings (SSSR count). The van der Waals surface area contributed by atoms with Crippen LogP contribution in [0.3, 0.4) is 0 Å². The number of nitro groups is 1. The lowest BCUT2D eigenvalue weighted by Gasteiger charge is -2.47. The molecule has 1 saturated heterocycles. The number of nitro benzene ring substituents is 1. The average molecular weight is 501 g/mol. The molecule has 12 heteroatoms. The van der Waals surface area contributed by atoms with Gasteiger partial charge in [0, 0.05) is 29.0 Å². The molecule has 1 aromatic carbocycles. The lowest BCUT2D eigenvalue weighted by atomic mass is 9.74. The van der Waals surface area contributed by atoms with Crippen molar-refractivity contribution in [3.05, 3.63) is 63.0 Å². The number of carbonyl (C=O) groups is 2. The van der Waals surface area contributed by atoms with Crippen LogP contribution in [0.15, 0.2) is 46.7 Å². The number of carboxylic acid groups (broad SMARTS) is 1. The van der Waals surface area contributed by atoms with Crippen LogP contribution in [0.4, 0.5) is 5.69 Å². The van der Waals surface area contributed by atoms with Crippen LogP contribution in [-0.2, 0) is 16.0 Å². The van der Waals surface area contributed by atoms with Gasteiger partial charge in [-0.2, -0.15) is 0 Å². The molecule has 34 heavy (non-hydrogen) atoms. The van der Waals surface area contributed by atoms with Gasteiger partial charge in [-0.05, 0) is 25.2 Å². The first-order valence-corrected chi connectivity index (χ1v) is 12.6. The van der Waals surface area contributed by atoms with Gasteiger partial charge in [0.2, 0.25) is 5.91 Å². The van der Waals surface area contributed by atoms with Gasteiger partial charge in [0.05, 0.1) is 28.7 Å². The fourth-order valence-corrected chi connectivity index (χ4v) is 6.75. The molecule has 4 atom stereocenters. The third-order valence-electron chi connectivity index (χ3n) is 6.50. The highest BCUT2D eigenvalue weighted by Crippen LogP contribution is 2.52. The van der Waals surface area contributed by atoms with Gasteiger partial charge in [-0.1, -0.05) is 12.1 Å². The minimum Gasteiger partial charge on any atom is -0.477 e. The Morgan fingerprint density at radius 3 is 2.65 bits per heavy atom. The molecule has 2 aromatic heterocycles. The van der Waals surface area contributed by atoms with Crippen LogP contribution in [0.1, 0.15) is 18.2 Å². The number of nitrogens with zero attached hydrogens (tertiary/aromatic N) is 4. The number of aliphatic hydroxyl groups is 1. The summed E-state index contributed by atoms with van der Waals surface area (Å²) in [5.74, 6) is -2.78. The molecule has 4 heterocycles. The predicted octanol–water partition coefficient (Wildman–Crippen LogP) is 2.90. The number of aliphatic hydroxyl groups excluding tert-OH is 1. The van der Waals surface area contributed by atoms with E-state index in [1.54, 1.807) is 18.5 Å². The van der Waals surface area contributed by atoms with E-state index < -0.39 is 40.8 Å². The van der Waals surface area contributed by atoms with Crippen LogP contribution < -0.4 is 0 Å². The second-order valence-corrected chi connectivity index (χ2v) is 9.97. The monoisotopic (exact) mass is 500 g/mol. The summed E-state index contributed by atoms with van der Waals surface area (Å²) in [7, 11) is 0. The van der Waals surface area contributed by atoms with Crippen molar-refractivity contribution >= 4 is 51.1 Å². The van der Waals surface area contributed by atoms with Crippen LogP contribution in [0.25, 0.3) is 10.4 Å². The Hall–Kier alpha value is -3.22. The number of aliphatic carboxylic acids is 1. The van der Waals surface area contributed by atoms with E-state index in [0.717, 1.165) is 15.4 Å². The molecule has 0 aliphatic carbocycles. The highest BCUT2D eigenvalue weighted by Gasteiger charge is 2.61. The summed E-state index contributed by atoms with van der Waals surface area (Å²) in [5.41, 5.74) is 1.79. The maximum atomic E-state index is 12.9. The van der Waals surface area contributed by atoms with E-state index in [1.165, 1.54) is 47.1 Å². The van der Waals surface area contributed by atoms with Crippen molar-refractivity contribution in [2.75, 3.05) is 6.26 Å². The van der Waals surface area contributed by atoms with Gasteiger partial charge in [0.15, 0.2) is 0 Å². The smallest absolute Gasteiger partial charge is 0.352 e. The SMILES string of the molecule is CSc1ncn2c(C3=C(C(=O)O)N4C(=O)[C@H]([C@@H](C)O)[C@H]4C3Cc3ccc([N+](=O)[O-])cc3)csc12. The lowest BCUT2D eigenvalue weighted by Crippen LogP contribution is -2.64. The topological polar surface area (TPSA) is 138 Å². The number of non-ortho nitro benzene ring substituents is 1. The highest BCUT2D eigenvalue weighted by atomic mass is 32.2. The number of aromatic nitrogens is 2. The van der Waals surface area contributed by atoms with Crippen LogP contribution >= 0.6 is 23.1 Å². The molecule has 0 spiro atoms. The van der Waals surface area contributed by atoms with Crippen LogP contribution in [0.2, 0.25) is 0 Å². The number of carboxylic acids is 1. The summed E-state index contributed by atoms with van der Waals surface area (Å²) in [4.78, 5) is 42.5. The molecule has 2 aliphatic rings. The van der Waals surface area contributed by atoms with Crippen molar-refractivity contribution in [2.45, 2.75) is 30.5 Å². The Balaban J connectivity index is 1.66. The summed E-state index contributed by atoms with van der Waals surface area (Å²) in [5, 5.41) is 34.2. The second-order valence-electron chi connectivity index (χ2n) is 8.32. The quantitative estimate of drug-likeness (QED) is 0.219. The Labute approximate surface area is 201 Å². The zero-order valence-electron chi connectivity index (χ0n) is 18.1. The molecule has 1 amide bonds. The van der Waals surface area contributed by atoms with Gasteiger partial charge in [0.1, 0.15) is 21.9 Å². The summed E-state index contributed by atoms with van der Waals surface area (Å²) >= 11 is 2.93. The number of thiazole rings is 1. The van der Waals surface area contributed by atoms with Crippen molar-refractivity contribution in [1.82, 2.24) is 14.3 Å². The largest absolute Gasteiger partial charge is 0.477 e. The summed E-state index contributed by atoms with van der Waals surface area (Å²) in [6.45, 7) is 1.53. The van der Waals surface area contributed by atoms with Gasteiger partial charge in [0.25, 0.3) is 5.69 Å². The van der Waals surface area contributed by atoms with E-state index >= 15 is 0 Å². The van der Waals surface area contributed by atoms with Gasteiger partial charge >= 0.3 is 5.97 Å². The van der Waals surface area contributed by atoms with Gasteiger partial charge in [-0.15, -0.1) is 23.1 Å². The fraction of sp³-hybridized carbons (Fsp3) is 0.318. The van der Waals surface area contributed by atoms with Gasteiger partial charge < -0.3 is 15.1 Å². The minimum absolute atomic E-state index is 0.0398. The van der Waals surface area contributed by atoms with Crippen molar-refractivity contribution in [1.29, 1.82) is 0 Å². The Kier molecular flexibility index (Phi) is 5.46. The molecule has 0 bridgehead atoms. The van der Waals surface area contributed by atoms with E-state index in [9.17, 15) is 29.9 Å². The van der Waals surface area contributed by atoms with Crippen molar-refractivity contribution in [2.24, 2.45) is 11.8 Å². The fourth-order valence-electron chi connectivity index (χ4n) is 5.05. The molecule has 1 unspecified atom stereocenters. The third-order valence-corrected chi connectivity index (χ3v) is 8.27. The second kappa shape index (κ2) is 8.22. The van der Waals surface area contributed by atoms with E-state index in [1.807, 2.05) is 16.0 Å². The van der Waals surface area contributed by atoms with E-state index in [-0.39, 0.29) is 11.4 Å². The van der Waals surface area contributed by atoms with Crippen LogP contribution in [0.5, 0.6) is 0 Å². The molecule has 0 radical (unpaired) electrons. The maximum absolute atomic E-state index is 12.9. The molecule has 2 aliphatic heterocycles. The van der Waals surface area contributed by atoms with Crippen molar-refractivity contribution in [3.8, 4) is 0 Å². The standard InChI is InChI=1S/C22H20N4O6S2/c1-10(27)15-17-13(7-11-3-5-12(6-4-11)26(31)32)16(18(22(29)30)25(17)20(15)28)14-8-34-21-19(33-2)23-9-24(14)21/h3-6,8-10,13,15,17,27H,7H2,1-2H3,(H,29,30)/t10-,13?,15-,17-/m1/s1.